The molecule has 1 aromatic heterocycles. The maximum atomic E-state index is 2.24. The summed E-state index contributed by atoms with van der Waals surface area (Å²) in [5.41, 5.74) is 1.33. The lowest BCUT2D eigenvalue weighted by atomic mass is 10.2. The standard InChI is InChI=1S/C10H16N.BrH/c1-9(2)7-11-6-4-5-10(3)8-11;/h4-6,8-9H,7H2,1-3H3;1H/q+1;/p-1. The molecular formula is C10H16BrN. The summed E-state index contributed by atoms with van der Waals surface area (Å²) < 4.78 is 2.24. The molecule has 0 amide bonds. The van der Waals surface area contributed by atoms with Gasteiger partial charge in [-0.25, -0.2) is 4.57 Å². The Kier molecular flexibility index (Phi) is 5.14. The molecule has 0 radical (unpaired) electrons. The number of nitrogens with zero attached hydrogens (tertiary/aromatic N) is 1. The van der Waals surface area contributed by atoms with Gasteiger partial charge >= 0.3 is 0 Å². The Morgan fingerprint density at radius 2 is 2.08 bits per heavy atom. The maximum absolute atomic E-state index is 2.24. The van der Waals surface area contributed by atoms with Gasteiger partial charge in [-0.05, 0) is 13.0 Å². The fourth-order valence-corrected chi connectivity index (χ4v) is 1.19. The molecule has 1 heterocycles. The van der Waals surface area contributed by atoms with E-state index in [4.69, 9.17) is 0 Å². The third-order valence-corrected chi connectivity index (χ3v) is 1.58. The Labute approximate surface area is 85.2 Å². The van der Waals surface area contributed by atoms with E-state index < -0.39 is 0 Å². The van der Waals surface area contributed by atoms with E-state index in [1.54, 1.807) is 0 Å². The summed E-state index contributed by atoms with van der Waals surface area (Å²) in [6.45, 7) is 7.70. The van der Waals surface area contributed by atoms with Gasteiger partial charge in [-0.1, -0.05) is 13.8 Å². The number of aryl methyl sites for hydroxylation is 1. The van der Waals surface area contributed by atoms with Crippen molar-refractivity contribution < 1.29 is 21.5 Å². The largest absolute Gasteiger partial charge is 1.00 e. The molecule has 68 valence electrons. The number of rotatable bonds is 2. The lowest BCUT2D eigenvalue weighted by Crippen LogP contribution is -3.00. The minimum Gasteiger partial charge on any atom is -1.00 e. The molecule has 0 aromatic carbocycles. The molecule has 2 heteroatoms. The number of halogens is 1. The molecule has 1 aromatic rings. The first kappa shape index (κ1) is 11.6. The molecule has 0 saturated heterocycles. The van der Waals surface area contributed by atoms with Gasteiger partial charge in [-0.15, -0.1) is 0 Å². The summed E-state index contributed by atoms with van der Waals surface area (Å²) in [5.74, 6) is 0.724. The molecule has 12 heavy (non-hydrogen) atoms. The number of pyridine rings is 1. The van der Waals surface area contributed by atoms with Gasteiger partial charge < -0.3 is 17.0 Å². The van der Waals surface area contributed by atoms with E-state index in [0.29, 0.717) is 0 Å². The van der Waals surface area contributed by atoms with Crippen molar-refractivity contribution in [1.29, 1.82) is 0 Å². The summed E-state index contributed by atoms with van der Waals surface area (Å²) in [6, 6.07) is 4.22. The van der Waals surface area contributed by atoms with Crippen molar-refractivity contribution in [3.8, 4) is 0 Å². The lowest BCUT2D eigenvalue weighted by molar-refractivity contribution is -0.702. The average Bonchev–Trinajstić information content (AvgIpc) is 1.85. The van der Waals surface area contributed by atoms with E-state index in [0.717, 1.165) is 12.5 Å². The van der Waals surface area contributed by atoms with Gasteiger partial charge in [-0.3, -0.25) is 0 Å². The van der Waals surface area contributed by atoms with Crippen LogP contribution in [0.4, 0.5) is 0 Å². The normalized spacial score (nSPS) is 9.67. The smallest absolute Gasteiger partial charge is 0.171 e. The van der Waals surface area contributed by atoms with Crippen LogP contribution in [0, 0.1) is 12.8 Å². The molecule has 1 nitrogen and oxygen atoms in total. The van der Waals surface area contributed by atoms with Crippen LogP contribution in [0.1, 0.15) is 19.4 Å². The van der Waals surface area contributed by atoms with E-state index in [1.807, 2.05) is 0 Å². The molecule has 0 N–H and O–H groups in total. The predicted molar refractivity (Wildman–Crippen MR) is 46.2 cm³/mol. The lowest BCUT2D eigenvalue weighted by Gasteiger charge is -1.99. The first-order chi connectivity index (χ1) is 5.18. The number of hydrogen-bond donors (Lipinski definition) is 0. The van der Waals surface area contributed by atoms with Gasteiger partial charge in [0.05, 0.1) is 0 Å². The molecule has 0 aliphatic rings. The molecule has 0 spiro atoms. The molecule has 0 atom stereocenters. The summed E-state index contributed by atoms with van der Waals surface area (Å²) in [7, 11) is 0. The van der Waals surface area contributed by atoms with Crippen LogP contribution in [0.25, 0.3) is 0 Å². The van der Waals surface area contributed by atoms with Crippen molar-refractivity contribution in [1.82, 2.24) is 0 Å². The Balaban J connectivity index is 0.00000121. The fraction of sp³-hybridized carbons (Fsp3) is 0.500. The third kappa shape index (κ3) is 3.86. The second-order valence-electron chi connectivity index (χ2n) is 3.47. The molecule has 0 fully saturated rings. The van der Waals surface area contributed by atoms with E-state index >= 15 is 0 Å². The van der Waals surface area contributed by atoms with E-state index in [-0.39, 0.29) is 17.0 Å². The van der Waals surface area contributed by atoms with Crippen LogP contribution < -0.4 is 21.5 Å². The van der Waals surface area contributed by atoms with Crippen molar-refractivity contribution in [2.45, 2.75) is 27.3 Å². The highest BCUT2D eigenvalue weighted by molar-refractivity contribution is 5.01. The van der Waals surface area contributed by atoms with Crippen molar-refractivity contribution in [3.63, 3.8) is 0 Å². The zero-order chi connectivity index (χ0) is 8.27. The fourth-order valence-electron chi connectivity index (χ4n) is 1.19. The molecule has 0 aliphatic heterocycles. The van der Waals surface area contributed by atoms with Gasteiger partial charge in [0.25, 0.3) is 0 Å². The zero-order valence-electron chi connectivity index (χ0n) is 7.92. The number of hydrogen-bond acceptors (Lipinski definition) is 0. The van der Waals surface area contributed by atoms with Crippen LogP contribution in [-0.2, 0) is 6.54 Å². The van der Waals surface area contributed by atoms with Gasteiger partial charge in [0, 0.05) is 17.5 Å². The van der Waals surface area contributed by atoms with Crippen LogP contribution in [0.2, 0.25) is 0 Å². The van der Waals surface area contributed by atoms with E-state index in [2.05, 4.69) is 49.9 Å². The minimum atomic E-state index is 0. The van der Waals surface area contributed by atoms with E-state index in [1.165, 1.54) is 5.56 Å². The Hall–Kier alpha value is -0.370. The predicted octanol–water partition coefficient (Wildman–Crippen LogP) is -1.06. The van der Waals surface area contributed by atoms with Crippen molar-refractivity contribution in [3.05, 3.63) is 30.1 Å². The van der Waals surface area contributed by atoms with Gasteiger partial charge in [-0.2, -0.15) is 0 Å². The second-order valence-corrected chi connectivity index (χ2v) is 3.47. The second kappa shape index (κ2) is 5.31. The topological polar surface area (TPSA) is 3.88 Å². The Morgan fingerprint density at radius 1 is 1.42 bits per heavy atom. The Bertz CT molecular complexity index is 233. The van der Waals surface area contributed by atoms with Crippen LogP contribution in [0.5, 0.6) is 0 Å². The van der Waals surface area contributed by atoms with Crippen molar-refractivity contribution >= 4 is 0 Å². The average molecular weight is 230 g/mol. The highest BCUT2D eigenvalue weighted by Gasteiger charge is 2.02. The van der Waals surface area contributed by atoms with E-state index in [9.17, 15) is 0 Å². The van der Waals surface area contributed by atoms with Crippen molar-refractivity contribution in [2.75, 3.05) is 0 Å². The van der Waals surface area contributed by atoms with Gasteiger partial charge in [0.15, 0.2) is 18.9 Å². The first-order valence-electron chi connectivity index (χ1n) is 4.14. The monoisotopic (exact) mass is 229 g/mol. The quantitative estimate of drug-likeness (QED) is 0.570. The van der Waals surface area contributed by atoms with Crippen LogP contribution in [0.3, 0.4) is 0 Å². The molecule has 1 rings (SSSR count). The third-order valence-electron chi connectivity index (χ3n) is 1.58. The molecular weight excluding hydrogens is 214 g/mol. The Morgan fingerprint density at radius 3 is 2.58 bits per heavy atom. The van der Waals surface area contributed by atoms with Gasteiger partial charge in [0.1, 0.15) is 0 Å². The maximum Gasteiger partial charge on any atom is 0.171 e. The summed E-state index contributed by atoms with van der Waals surface area (Å²) >= 11 is 0. The summed E-state index contributed by atoms with van der Waals surface area (Å²) in [5, 5.41) is 0. The zero-order valence-corrected chi connectivity index (χ0v) is 9.51. The molecule has 0 saturated carbocycles. The SMILES string of the molecule is Cc1ccc[n+](CC(C)C)c1.[Br-]. The highest BCUT2D eigenvalue weighted by Crippen LogP contribution is 1.93. The first-order valence-corrected chi connectivity index (χ1v) is 4.14. The highest BCUT2D eigenvalue weighted by atomic mass is 79.9. The van der Waals surface area contributed by atoms with Crippen LogP contribution >= 0.6 is 0 Å². The summed E-state index contributed by atoms with van der Waals surface area (Å²) in [4.78, 5) is 0. The van der Waals surface area contributed by atoms with Crippen LogP contribution in [-0.4, -0.2) is 0 Å². The minimum absolute atomic E-state index is 0. The van der Waals surface area contributed by atoms with Crippen molar-refractivity contribution in [2.24, 2.45) is 5.92 Å². The molecule has 0 bridgehead atoms. The van der Waals surface area contributed by atoms with Crippen LogP contribution in [0.15, 0.2) is 24.5 Å². The molecule has 0 aliphatic carbocycles. The van der Waals surface area contributed by atoms with Gasteiger partial charge in [0.2, 0.25) is 0 Å². The number of aromatic nitrogens is 1. The summed E-state index contributed by atoms with van der Waals surface area (Å²) in [6.07, 6.45) is 4.30. The molecule has 0 unspecified atom stereocenters.